The van der Waals surface area contributed by atoms with Crippen LogP contribution in [0.3, 0.4) is 0 Å². The van der Waals surface area contributed by atoms with E-state index in [9.17, 15) is 4.79 Å². The van der Waals surface area contributed by atoms with Crippen molar-refractivity contribution in [2.45, 2.75) is 25.7 Å². The van der Waals surface area contributed by atoms with Gasteiger partial charge in [-0.3, -0.25) is 4.79 Å². The van der Waals surface area contributed by atoms with Gasteiger partial charge in [0.1, 0.15) is 5.82 Å². The van der Waals surface area contributed by atoms with Crippen LogP contribution in [0.25, 0.3) is 0 Å². The Labute approximate surface area is 94.4 Å². The minimum Gasteiger partial charge on any atom is -0.382 e. The van der Waals surface area contributed by atoms with E-state index in [1.165, 1.54) is 19.3 Å². The fourth-order valence-electron chi connectivity index (χ4n) is 1.73. The van der Waals surface area contributed by atoms with Gasteiger partial charge in [0, 0.05) is 6.54 Å². The van der Waals surface area contributed by atoms with Gasteiger partial charge in [-0.2, -0.15) is 0 Å². The maximum Gasteiger partial charge on any atom is 0.271 e. The number of nitrogens with zero attached hydrogens (tertiary/aromatic N) is 2. The minimum atomic E-state index is -0.174. The van der Waals surface area contributed by atoms with Gasteiger partial charge in [-0.1, -0.05) is 19.3 Å². The SMILES string of the molecule is Nc1ccc(C(=O)NCCC2CCC2)nn1. The molecule has 0 bridgehead atoms. The maximum absolute atomic E-state index is 11.6. The Bertz CT molecular complexity index is 359. The van der Waals surface area contributed by atoms with E-state index in [4.69, 9.17) is 5.73 Å². The number of anilines is 1. The predicted molar refractivity (Wildman–Crippen MR) is 60.7 cm³/mol. The summed E-state index contributed by atoms with van der Waals surface area (Å²) in [5, 5.41) is 10.2. The molecule has 1 aromatic rings. The summed E-state index contributed by atoms with van der Waals surface area (Å²) in [6, 6.07) is 3.16. The van der Waals surface area contributed by atoms with E-state index in [2.05, 4.69) is 15.5 Å². The Morgan fingerprint density at radius 2 is 2.25 bits per heavy atom. The van der Waals surface area contributed by atoms with Crippen molar-refractivity contribution in [3.05, 3.63) is 17.8 Å². The molecule has 5 nitrogen and oxygen atoms in total. The number of aromatic nitrogens is 2. The summed E-state index contributed by atoms with van der Waals surface area (Å²) in [4.78, 5) is 11.6. The standard InChI is InChI=1S/C11H16N4O/c12-10-5-4-9(14-15-10)11(16)13-7-6-8-2-1-3-8/h4-5,8H,1-3,6-7H2,(H2,12,15)(H,13,16). The molecular formula is C11H16N4O. The normalized spacial score (nSPS) is 15.5. The number of nitrogens with two attached hydrogens (primary N) is 1. The van der Waals surface area contributed by atoms with Gasteiger partial charge in [0.2, 0.25) is 0 Å². The van der Waals surface area contributed by atoms with Crippen molar-refractivity contribution in [2.24, 2.45) is 5.92 Å². The molecule has 2 rings (SSSR count). The number of rotatable bonds is 4. The van der Waals surface area contributed by atoms with Crippen LogP contribution in [-0.4, -0.2) is 22.6 Å². The maximum atomic E-state index is 11.6. The van der Waals surface area contributed by atoms with Gasteiger partial charge in [-0.05, 0) is 24.5 Å². The average Bonchev–Trinajstić information content (AvgIpc) is 2.22. The molecule has 0 aliphatic heterocycles. The molecule has 0 aromatic carbocycles. The van der Waals surface area contributed by atoms with Gasteiger partial charge in [0.05, 0.1) is 0 Å². The van der Waals surface area contributed by atoms with Crippen molar-refractivity contribution in [3.8, 4) is 0 Å². The highest BCUT2D eigenvalue weighted by Gasteiger charge is 2.17. The topological polar surface area (TPSA) is 80.9 Å². The zero-order valence-corrected chi connectivity index (χ0v) is 9.15. The summed E-state index contributed by atoms with van der Waals surface area (Å²) in [7, 11) is 0. The van der Waals surface area contributed by atoms with Gasteiger partial charge in [0.15, 0.2) is 5.69 Å². The lowest BCUT2D eigenvalue weighted by Gasteiger charge is -2.24. The van der Waals surface area contributed by atoms with Gasteiger partial charge >= 0.3 is 0 Å². The molecule has 3 N–H and O–H groups in total. The summed E-state index contributed by atoms with van der Waals surface area (Å²) in [6.45, 7) is 0.718. The van der Waals surface area contributed by atoms with Crippen molar-refractivity contribution in [1.82, 2.24) is 15.5 Å². The summed E-state index contributed by atoms with van der Waals surface area (Å²) in [5.41, 5.74) is 5.71. The molecule has 5 heteroatoms. The third-order valence-electron chi connectivity index (χ3n) is 2.98. The summed E-state index contributed by atoms with van der Waals surface area (Å²) in [5.74, 6) is 0.954. The van der Waals surface area contributed by atoms with Crippen LogP contribution in [-0.2, 0) is 0 Å². The van der Waals surface area contributed by atoms with Gasteiger partial charge < -0.3 is 11.1 Å². The molecule has 1 saturated carbocycles. The number of amides is 1. The number of hydrogen-bond acceptors (Lipinski definition) is 4. The molecule has 16 heavy (non-hydrogen) atoms. The molecule has 0 radical (unpaired) electrons. The predicted octanol–water partition coefficient (Wildman–Crippen LogP) is 0.979. The monoisotopic (exact) mass is 220 g/mol. The summed E-state index contributed by atoms with van der Waals surface area (Å²) in [6.07, 6.45) is 5.01. The first-order valence-electron chi connectivity index (χ1n) is 5.63. The Kier molecular flexibility index (Phi) is 3.34. The van der Waals surface area contributed by atoms with Crippen molar-refractivity contribution >= 4 is 11.7 Å². The molecule has 1 aliphatic rings. The van der Waals surface area contributed by atoms with Crippen LogP contribution in [0, 0.1) is 5.92 Å². The lowest BCUT2D eigenvalue weighted by Crippen LogP contribution is -2.28. The zero-order chi connectivity index (χ0) is 11.4. The fraction of sp³-hybridized carbons (Fsp3) is 0.545. The zero-order valence-electron chi connectivity index (χ0n) is 9.15. The molecule has 1 heterocycles. The molecule has 0 unspecified atom stereocenters. The molecule has 0 saturated heterocycles. The van der Waals surface area contributed by atoms with E-state index < -0.39 is 0 Å². The van der Waals surface area contributed by atoms with Crippen LogP contribution in [0.2, 0.25) is 0 Å². The van der Waals surface area contributed by atoms with E-state index in [0.717, 1.165) is 18.9 Å². The second kappa shape index (κ2) is 4.92. The molecule has 1 aromatic heterocycles. The number of nitrogen functional groups attached to an aromatic ring is 1. The van der Waals surface area contributed by atoms with Crippen LogP contribution >= 0.6 is 0 Å². The van der Waals surface area contributed by atoms with E-state index in [0.29, 0.717) is 11.5 Å². The van der Waals surface area contributed by atoms with Crippen LogP contribution in [0.4, 0.5) is 5.82 Å². The number of hydrogen-bond donors (Lipinski definition) is 2. The fourth-order valence-corrected chi connectivity index (χ4v) is 1.73. The highest BCUT2D eigenvalue weighted by Crippen LogP contribution is 2.28. The molecular weight excluding hydrogens is 204 g/mol. The third kappa shape index (κ3) is 2.68. The largest absolute Gasteiger partial charge is 0.382 e. The Morgan fingerprint density at radius 1 is 1.44 bits per heavy atom. The van der Waals surface area contributed by atoms with E-state index in [1.54, 1.807) is 12.1 Å². The van der Waals surface area contributed by atoms with Crippen LogP contribution < -0.4 is 11.1 Å². The quantitative estimate of drug-likeness (QED) is 0.792. The van der Waals surface area contributed by atoms with Crippen molar-refractivity contribution < 1.29 is 4.79 Å². The lowest BCUT2D eigenvalue weighted by molar-refractivity contribution is 0.0943. The third-order valence-corrected chi connectivity index (χ3v) is 2.98. The second-order valence-corrected chi connectivity index (χ2v) is 4.18. The second-order valence-electron chi connectivity index (χ2n) is 4.18. The van der Waals surface area contributed by atoms with E-state index in [-0.39, 0.29) is 5.91 Å². The first-order valence-corrected chi connectivity index (χ1v) is 5.63. The van der Waals surface area contributed by atoms with E-state index >= 15 is 0 Å². The first-order chi connectivity index (χ1) is 7.75. The minimum absolute atomic E-state index is 0.174. The van der Waals surface area contributed by atoms with Crippen molar-refractivity contribution in [2.75, 3.05) is 12.3 Å². The van der Waals surface area contributed by atoms with Gasteiger partial charge in [-0.15, -0.1) is 10.2 Å². The van der Waals surface area contributed by atoms with Crippen molar-refractivity contribution in [3.63, 3.8) is 0 Å². The van der Waals surface area contributed by atoms with Crippen LogP contribution in [0.1, 0.15) is 36.2 Å². The molecule has 0 spiro atoms. The smallest absolute Gasteiger partial charge is 0.271 e. The molecule has 1 aliphatic carbocycles. The van der Waals surface area contributed by atoms with Gasteiger partial charge in [0.25, 0.3) is 5.91 Å². The summed E-state index contributed by atoms with van der Waals surface area (Å²) >= 11 is 0. The highest BCUT2D eigenvalue weighted by molar-refractivity contribution is 5.92. The Morgan fingerprint density at radius 3 is 2.81 bits per heavy atom. The van der Waals surface area contributed by atoms with E-state index in [1.807, 2.05) is 0 Å². The number of carbonyl (C=O) groups excluding carboxylic acids is 1. The Hall–Kier alpha value is -1.65. The highest BCUT2D eigenvalue weighted by atomic mass is 16.1. The average molecular weight is 220 g/mol. The molecule has 86 valence electrons. The van der Waals surface area contributed by atoms with Gasteiger partial charge in [-0.25, -0.2) is 0 Å². The summed E-state index contributed by atoms with van der Waals surface area (Å²) < 4.78 is 0. The number of nitrogens with one attached hydrogen (secondary N) is 1. The Balaban J connectivity index is 1.76. The molecule has 1 amide bonds. The van der Waals surface area contributed by atoms with Crippen LogP contribution in [0.15, 0.2) is 12.1 Å². The molecule has 1 fully saturated rings. The lowest BCUT2D eigenvalue weighted by atomic mass is 9.83. The van der Waals surface area contributed by atoms with Crippen molar-refractivity contribution in [1.29, 1.82) is 0 Å². The number of carbonyl (C=O) groups is 1. The molecule has 0 atom stereocenters. The van der Waals surface area contributed by atoms with Crippen LogP contribution in [0.5, 0.6) is 0 Å². The first kappa shape index (κ1) is 10.9.